The van der Waals surface area contributed by atoms with E-state index in [1.807, 2.05) is 31.2 Å². The van der Waals surface area contributed by atoms with Gasteiger partial charge in [0.25, 0.3) is 5.91 Å². The maximum atomic E-state index is 12.8. The van der Waals surface area contributed by atoms with Gasteiger partial charge >= 0.3 is 0 Å². The van der Waals surface area contributed by atoms with Crippen molar-refractivity contribution in [1.82, 2.24) is 4.90 Å². The number of amides is 1. The van der Waals surface area contributed by atoms with E-state index < -0.39 is 0 Å². The molecule has 1 amide bonds. The molecular formula is C20H20N2O4S2. The fraction of sp³-hybridized carbons (Fsp3) is 0.200. The number of anilines is 1. The number of thioether (sulfide) groups is 1. The van der Waals surface area contributed by atoms with E-state index in [4.69, 9.17) is 21.7 Å². The average molecular weight is 417 g/mol. The van der Waals surface area contributed by atoms with E-state index >= 15 is 0 Å². The molecule has 2 aromatic rings. The van der Waals surface area contributed by atoms with Crippen molar-refractivity contribution in [3.05, 3.63) is 52.9 Å². The van der Waals surface area contributed by atoms with Gasteiger partial charge in [-0.3, -0.25) is 9.69 Å². The van der Waals surface area contributed by atoms with E-state index in [9.17, 15) is 9.90 Å². The minimum Gasteiger partial charge on any atom is -0.504 e. The lowest BCUT2D eigenvalue weighted by Gasteiger charge is -2.18. The molecule has 1 saturated heterocycles. The van der Waals surface area contributed by atoms with Crippen LogP contribution in [-0.4, -0.2) is 40.6 Å². The van der Waals surface area contributed by atoms with E-state index in [1.54, 1.807) is 18.2 Å². The highest BCUT2D eigenvalue weighted by molar-refractivity contribution is 8.26. The van der Waals surface area contributed by atoms with E-state index in [2.05, 4.69) is 5.32 Å². The number of hydrogen-bond donors (Lipinski definition) is 2. The zero-order chi connectivity index (χ0) is 20.1. The molecule has 0 spiro atoms. The lowest BCUT2D eigenvalue weighted by atomic mass is 10.2. The topological polar surface area (TPSA) is 71.0 Å². The number of methoxy groups -OCH3 is 1. The summed E-state index contributed by atoms with van der Waals surface area (Å²) < 4.78 is 11.2. The van der Waals surface area contributed by atoms with Crippen molar-refractivity contribution in [1.29, 1.82) is 0 Å². The highest BCUT2D eigenvalue weighted by Gasteiger charge is 2.32. The third kappa shape index (κ3) is 4.40. The molecule has 8 heteroatoms. The molecule has 0 aromatic heterocycles. The second-order valence-corrected chi connectivity index (χ2v) is 7.48. The summed E-state index contributed by atoms with van der Waals surface area (Å²) in [7, 11) is 1.48. The van der Waals surface area contributed by atoms with Crippen LogP contribution in [0.5, 0.6) is 17.2 Å². The van der Waals surface area contributed by atoms with Crippen LogP contribution in [0.3, 0.4) is 0 Å². The van der Waals surface area contributed by atoms with E-state index in [0.717, 1.165) is 17.0 Å². The highest BCUT2D eigenvalue weighted by Crippen LogP contribution is 2.34. The number of phenolic OH excluding ortho intramolecular Hbond substituents is 1. The SMILES string of the molecule is CCOc1ccccc1NCN1C(=O)/C(=C\c2ccc(O)c(OC)c2)SC1=S. The molecule has 0 aliphatic carbocycles. The molecular weight excluding hydrogens is 396 g/mol. The molecule has 1 aliphatic heterocycles. The minimum absolute atomic E-state index is 0.0457. The summed E-state index contributed by atoms with van der Waals surface area (Å²) in [5.74, 6) is 0.938. The van der Waals surface area contributed by atoms with Crippen LogP contribution < -0.4 is 14.8 Å². The van der Waals surface area contributed by atoms with Crippen molar-refractivity contribution in [3.63, 3.8) is 0 Å². The first-order valence-corrected chi connectivity index (χ1v) is 9.84. The number of nitrogens with zero attached hydrogens (tertiary/aromatic N) is 1. The van der Waals surface area contributed by atoms with Crippen LogP contribution in [0.25, 0.3) is 6.08 Å². The van der Waals surface area contributed by atoms with Gasteiger partial charge in [0.2, 0.25) is 0 Å². The van der Waals surface area contributed by atoms with Crippen LogP contribution in [0.2, 0.25) is 0 Å². The normalized spacial score (nSPS) is 15.2. The number of phenols is 1. The maximum Gasteiger partial charge on any atom is 0.267 e. The Labute approximate surface area is 173 Å². The third-order valence-corrected chi connectivity index (χ3v) is 5.37. The molecule has 146 valence electrons. The number of rotatable bonds is 7. The van der Waals surface area contributed by atoms with Gasteiger partial charge in [-0.1, -0.05) is 42.2 Å². The van der Waals surface area contributed by atoms with Gasteiger partial charge < -0.3 is 19.9 Å². The summed E-state index contributed by atoms with van der Waals surface area (Å²) in [6.45, 7) is 2.71. The molecule has 0 bridgehead atoms. The van der Waals surface area contributed by atoms with E-state index in [0.29, 0.717) is 21.6 Å². The first kappa shape index (κ1) is 20.0. The summed E-state index contributed by atoms with van der Waals surface area (Å²) in [6, 6.07) is 12.4. The first-order chi connectivity index (χ1) is 13.5. The summed E-state index contributed by atoms with van der Waals surface area (Å²) >= 11 is 6.61. The molecule has 6 nitrogen and oxygen atoms in total. The van der Waals surface area contributed by atoms with Gasteiger partial charge in [-0.15, -0.1) is 0 Å². The molecule has 0 unspecified atom stereocenters. The van der Waals surface area contributed by atoms with Crippen molar-refractivity contribution >= 4 is 46.0 Å². The van der Waals surface area contributed by atoms with Gasteiger partial charge in [0.15, 0.2) is 11.5 Å². The summed E-state index contributed by atoms with van der Waals surface area (Å²) in [4.78, 5) is 14.8. The number of carbonyl (C=O) groups excluding carboxylic acids is 1. The fourth-order valence-electron chi connectivity index (χ4n) is 2.63. The van der Waals surface area contributed by atoms with Gasteiger partial charge in [-0.05, 0) is 42.8 Å². The predicted octanol–water partition coefficient (Wildman–Crippen LogP) is 4.07. The second kappa shape index (κ2) is 8.99. The zero-order valence-corrected chi connectivity index (χ0v) is 17.1. The standard InChI is InChI=1S/C20H20N2O4S2/c1-3-26-16-7-5-4-6-14(16)21-12-22-19(24)18(28-20(22)27)11-13-8-9-15(23)17(10-13)25-2/h4-11,21,23H,3,12H2,1-2H3/b18-11+. The largest absolute Gasteiger partial charge is 0.504 e. The van der Waals surface area contributed by atoms with E-state index in [1.165, 1.54) is 29.8 Å². The van der Waals surface area contributed by atoms with Crippen LogP contribution >= 0.6 is 24.0 Å². The summed E-state index contributed by atoms with van der Waals surface area (Å²) in [6.07, 6.45) is 1.73. The first-order valence-electron chi connectivity index (χ1n) is 8.61. The molecule has 3 rings (SSSR count). The van der Waals surface area contributed by atoms with Gasteiger partial charge in [0.05, 0.1) is 31.0 Å². The van der Waals surface area contributed by atoms with Crippen LogP contribution in [0, 0.1) is 0 Å². The molecule has 2 aromatic carbocycles. The predicted molar refractivity (Wildman–Crippen MR) is 116 cm³/mol. The summed E-state index contributed by atoms with van der Waals surface area (Å²) in [5, 5.41) is 12.9. The molecule has 1 fully saturated rings. The average Bonchev–Trinajstić information content (AvgIpc) is 2.96. The highest BCUT2D eigenvalue weighted by atomic mass is 32.2. The molecule has 28 heavy (non-hydrogen) atoms. The number of benzene rings is 2. The lowest BCUT2D eigenvalue weighted by molar-refractivity contribution is -0.121. The smallest absolute Gasteiger partial charge is 0.267 e. The molecule has 0 radical (unpaired) electrons. The molecule has 1 heterocycles. The monoisotopic (exact) mass is 416 g/mol. The second-order valence-electron chi connectivity index (χ2n) is 5.81. The number of aromatic hydroxyl groups is 1. The van der Waals surface area contributed by atoms with Crippen molar-refractivity contribution in [2.75, 3.05) is 25.7 Å². The van der Waals surface area contributed by atoms with Crippen LogP contribution in [0.15, 0.2) is 47.4 Å². The number of hydrogen-bond acceptors (Lipinski definition) is 7. The van der Waals surface area contributed by atoms with Gasteiger partial charge in [-0.25, -0.2) is 0 Å². The Bertz CT molecular complexity index is 930. The van der Waals surface area contributed by atoms with Crippen LogP contribution in [0.1, 0.15) is 12.5 Å². The minimum atomic E-state index is -0.177. The lowest BCUT2D eigenvalue weighted by Crippen LogP contribution is -2.33. The molecule has 0 atom stereocenters. The van der Waals surface area contributed by atoms with Gasteiger partial charge in [0, 0.05) is 0 Å². The summed E-state index contributed by atoms with van der Waals surface area (Å²) in [5.41, 5.74) is 1.54. The molecule has 0 saturated carbocycles. The Kier molecular flexibility index (Phi) is 6.43. The fourth-order valence-corrected chi connectivity index (χ4v) is 3.89. The van der Waals surface area contributed by atoms with Gasteiger partial charge in [0.1, 0.15) is 10.1 Å². The third-order valence-electron chi connectivity index (χ3n) is 3.99. The van der Waals surface area contributed by atoms with Gasteiger partial charge in [-0.2, -0.15) is 0 Å². The van der Waals surface area contributed by atoms with Crippen molar-refractivity contribution in [3.8, 4) is 17.2 Å². The molecule has 1 aliphatic rings. The quantitative estimate of drug-likeness (QED) is 0.521. The Morgan fingerprint density at radius 2 is 2.04 bits per heavy atom. The van der Waals surface area contributed by atoms with Crippen molar-refractivity contribution < 1.29 is 19.4 Å². The van der Waals surface area contributed by atoms with Crippen LogP contribution in [0.4, 0.5) is 5.69 Å². The van der Waals surface area contributed by atoms with Crippen molar-refractivity contribution in [2.45, 2.75) is 6.92 Å². The number of thiocarbonyl (C=S) groups is 1. The van der Waals surface area contributed by atoms with E-state index in [-0.39, 0.29) is 18.3 Å². The molecule has 2 N–H and O–H groups in total. The maximum absolute atomic E-state index is 12.8. The Hall–Kier alpha value is -2.71. The number of nitrogens with one attached hydrogen (secondary N) is 1. The number of para-hydroxylation sites is 2. The Balaban J connectivity index is 1.73. The van der Waals surface area contributed by atoms with Crippen LogP contribution in [-0.2, 0) is 4.79 Å². The van der Waals surface area contributed by atoms with Crippen molar-refractivity contribution in [2.24, 2.45) is 0 Å². The Morgan fingerprint density at radius 3 is 2.79 bits per heavy atom. The number of carbonyl (C=O) groups is 1. The Morgan fingerprint density at radius 1 is 1.25 bits per heavy atom. The number of ether oxygens (including phenoxy) is 2. The zero-order valence-electron chi connectivity index (χ0n) is 15.5.